The minimum atomic E-state index is -4.71. The predicted molar refractivity (Wildman–Crippen MR) is 89.7 cm³/mol. The Morgan fingerprint density at radius 1 is 1.00 bits per heavy atom. The molecule has 0 aliphatic heterocycles. The van der Waals surface area contributed by atoms with Gasteiger partial charge in [-0.15, -0.1) is 0 Å². The molecule has 0 unspecified atom stereocenters. The van der Waals surface area contributed by atoms with Crippen LogP contribution in [0.5, 0.6) is 0 Å². The van der Waals surface area contributed by atoms with Crippen molar-refractivity contribution in [3.8, 4) is 0 Å². The Hall–Kier alpha value is -2.53. The predicted octanol–water partition coefficient (Wildman–Crippen LogP) is 2.62. The van der Waals surface area contributed by atoms with Crippen LogP contribution in [0.2, 0.25) is 0 Å². The van der Waals surface area contributed by atoms with Crippen LogP contribution in [0.4, 0.5) is 22.0 Å². The Bertz CT molecular complexity index is 941. The van der Waals surface area contributed by atoms with Gasteiger partial charge in [-0.05, 0) is 42.3 Å². The summed E-state index contributed by atoms with van der Waals surface area (Å²) in [6.07, 6.45) is -4.61. The third-order valence-electron chi connectivity index (χ3n) is 3.55. The number of carbonyl (C=O) groups is 1. The minimum absolute atomic E-state index is 0.0208. The van der Waals surface area contributed by atoms with Gasteiger partial charge in [-0.3, -0.25) is 4.79 Å². The third-order valence-corrected chi connectivity index (χ3v) is 4.95. The van der Waals surface area contributed by atoms with Crippen molar-refractivity contribution >= 4 is 15.9 Å². The first-order valence-electron chi connectivity index (χ1n) is 7.86. The fourth-order valence-electron chi connectivity index (χ4n) is 2.25. The van der Waals surface area contributed by atoms with Gasteiger partial charge in [0.15, 0.2) is 0 Å². The van der Waals surface area contributed by atoms with Crippen LogP contribution in [0.3, 0.4) is 0 Å². The molecule has 1 amide bonds. The SMILES string of the molecule is O=C(CNS(=O)(=O)c1cccc(C(F)(F)F)c1)NCCc1cc(F)cc(F)c1. The lowest BCUT2D eigenvalue weighted by molar-refractivity contribution is -0.137. The van der Waals surface area contributed by atoms with Crippen LogP contribution in [0, 0.1) is 11.6 Å². The van der Waals surface area contributed by atoms with Crippen LogP contribution in [0.1, 0.15) is 11.1 Å². The number of halogens is 5. The molecule has 0 atom stereocenters. The third kappa shape index (κ3) is 6.27. The van der Waals surface area contributed by atoms with E-state index in [2.05, 4.69) is 5.32 Å². The number of sulfonamides is 1. The zero-order valence-corrected chi connectivity index (χ0v) is 15.0. The highest BCUT2D eigenvalue weighted by Crippen LogP contribution is 2.30. The van der Waals surface area contributed by atoms with Gasteiger partial charge in [0.2, 0.25) is 15.9 Å². The van der Waals surface area contributed by atoms with Gasteiger partial charge in [-0.2, -0.15) is 13.2 Å². The maximum atomic E-state index is 13.1. The highest BCUT2D eigenvalue weighted by molar-refractivity contribution is 7.89. The molecule has 0 aliphatic rings. The molecule has 11 heteroatoms. The van der Waals surface area contributed by atoms with E-state index in [4.69, 9.17) is 0 Å². The molecule has 2 aromatic rings. The lowest BCUT2D eigenvalue weighted by atomic mass is 10.1. The number of hydrogen-bond acceptors (Lipinski definition) is 3. The molecule has 0 saturated heterocycles. The highest BCUT2D eigenvalue weighted by atomic mass is 32.2. The van der Waals surface area contributed by atoms with Crippen LogP contribution >= 0.6 is 0 Å². The average Bonchev–Trinajstić information content (AvgIpc) is 2.59. The van der Waals surface area contributed by atoms with Gasteiger partial charge < -0.3 is 5.32 Å². The molecular formula is C17H15F5N2O3S. The average molecular weight is 422 g/mol. The molecule has 2 N–H and O–H groups in total. The fraction of sp³-hybridized carbons (Fsp3) is 0.235. The van der Waals surface area contributed by atoms with Crippen LogP contribution in [-0.2, 0) is 27.4 Å². The van der Waals surface area contributed by atoms with E-state index in [1.165, 1.54) is 0 Å². The Kier molecular flexibility index (Phi) is 6.73. The molecule has 0 saturated carbocycles. The number of rotatable bonds is 7. The second-order valence-corrected chi connectivity index (χ2v) is 7.49. The number of amides is 1. The number of nitrogens with one attached hydrogen (secondary N) is 2. The lowest BCUT2D eigenvalue weighted by Gasteiger charge is -2.10. The summed E-state index contributed by atoms with van der Waals surface area (Å²) in [4.78, 5) is 11.1. The summed E-state index contributed by atoms with van der Waals surface area (Å²) in [5.41, 5.74) is -0.843. The van der Waals surface area contributed by atoms with Gasteiger partial charge in [-0.25, -0.2) is 21.9 Å². The van der Waals surface area contributed by atoms with Crippen LogP contribution in [0.25, 0.3) is 0 Å². The summed E-state index contributed by atoms with van der Waals surface area (Å²) in [5, 5.41) is 2.34. The number of hydrogen-bond donors (Lipinski definition) is 2. The highest BCUT2D eigenvalue weighted by Gasteiger charge is 2.31. The van der Waals surface area contributed by atoms with Crippen molar-refractivity contribution in [1.82, 2.24) is 10.0 Å². The normalized spacial score (nSPS) is 12.0. The zero-order chi connectivity index (χ0) is 20.9. The minimum Gasteiger partial charge on any atom is -0.355 e. The van der Waals surface area contributed by atoms with Gasteiger partial charge >= 0.3 is 6.18 Å². The molecule has 0 aromatic heterocycles. The first-order chi connectivity index (χ1) is 13.0. The summed E-state index contributed by atoms with van der Waals surface area (Å²) in [5.74, 6) is -2.29. The standard InChI is InChI=1S/C17H15F5N2O3S/c18-13-6-11(7-14(19)9-13)4-5-23-16(25)10-24-28(26,27)15-3-1-2-12(8-15)17(20,21)22/h1-3,6-9,24H,4-5,10H2,(H,23,25). The fourth-order valence-corrected chi connectivity index (χ4v) is 3.28. The Morgan fingerprint density at radius 3 is 2.25 bits per heavy atom. The molecule has 2 aromatic carbocycles. The Balaban J connectivity index is 1.89. The summed E-state index contributed by atoms with van der Waals surface area (Å²) in [7, 11) is -4.34. The van der Waals surface area contributed by atoms with Crippen LogP contribution in [-0.4, -0.2) is 27.4 Å². The van der Waals surface area contributed by atoms with E-state index < -0.39 is 50.7 Å². The molecule has 0 heterocycles. The van der Waals surface area contributed by atoms with Crippen molar-refractivity contribution in [3.05, 3.63) is 65.2 Å². The molecule has 0 radical (unpaired) electrons. The van der Waals surface area contributed by atoms with E-state index in [0.717, 1.165) is 30.3 Å². The van der Waals surface area contributed by atoms with Crippen molar-refractivity contribution in [2.45, 2.75) is 17.5 Å². The lowest BCUT2D eigenvalue weighted by Crippen LogP contribution is -2.37. The van der Waals surface area contributed by atoms with Gasteiger partial charge in [0.1, 0.15) is 11.6 Å². The van der Waals surface area contributed by atoms with E-state index in [1.54, 1.807) is 0 Å². The Morgan fingerprint density at radius 2 is 1.64 bits per heavy atom. The molecular weight excluding hydrogens is 407 g/mol. The second-order valence-electron chi connectivity index (χ2n) is 5.73. The van der Waals surface area contributed by atoms with Crippen molar-refractivity contribution in [2.75, 3.05) is 13.1 Å². The number of carbonyl (C=O) groups excluding carboxylic acids is 1. The van der Waals surface area contributed by atoms with Crippen molar-refractivity contribution < 1.29 is 35.2 Å². The maximum Gasteiger partial charge on any atom is 0.416 e. The smallest absolute Gasteiger partial charge is 0.355 e. The summed E-state index contributed by atoms with van der Waals surface area (Å²) in [6.45, 7) is -0.733. The van der Waals surface area contributed by atoms with Crippen molar-refractivity contribution in [2.24, 2.45) is 0 Å². The van der Waals surface area contributed by atoms with E-state index >= 15 is 0 Å². The molecule has 5 nitrogen and oxygen atoms in total. The molecule has 0 spiro atoms. The van der Waals surface area contributed by atoms with Crippen LogP contribution in [0.15, 0.2) is 47.4 Å². The summed E-state index contributed by atoms with van der Waals surface area (Å²) < 4.78 is 90.1. The van der Waals surface area contributed by atoms with Gasteiger partial charge in [0, 0.05) is 12.6 Å². The Labute approximate surface area is 157 Å². The molecule has 0 bridgehead atoms. The second kappa shape index (κ2) is 8.65. The van der Waals surface area contributed by atoms with Crippen molar-refractivity contribution in [3.63, 3.8) is 0 Å². The molecule has 2 rings (SSSR count). The summed E-state index contributed by atoms with van der Waals surface area (Å²) >= 11 is 0. The number of alkyl halides is 3. The first-order valence-corrected chi connectivity index (χ1v) is 9.34. The van der Waals surface area contributed by atoms with E-state index in [1.807, 2.05) is 4.72 Å². The molecule has 0 aliphatic carbocycles. The van der Waals surface area contributed by atoms with E-state index in [9.17, 15) is 35.2 Å². The maximum absolute atomic E-state index is 13.1. The molecule has 0 fully saturated rings. The van der Waals surface area contributed by atoms with E-state index in [-0.39, 0.29) is 13.0 Å². The van der Waals surface area contributed by atoms with Gasteiger partial charge in [0.25, 0.3) is 0 Å². The van der Waals surface area contributed by atoms with E-state index in [0.29, 0.717) is 17.7 Å². The largest absolute Gasteiger partial charge is 0.416 e. The monoisotopic (exact) mass is 422 g/mol. The number of benzene rings is 2. The molecule has 28 heavy (non-hydrogen) atoms. The molecule has 152 valence electrons. The van der Waals surface area contributed by atoms with Crippen LogP contribution < -0.4 is 10.0 Å². The zero-order valence-electron chi connectivity index (χ0n) is 14.2. The van der Waals surface area contributed by atoms with Gasteiger partial charge in [-0.1, -0.05) is 6.07 Å². The quantitative estimate of drug-likeness (QED) is 0.674. The summed E-state index contributed by atoms with van der Waals surface area (Å²) in [6, 6.07) is 5.96. The topological polar surface area (TPSA) is 75.3 Å². The van der Waals surface area contributed by atoms with Gasteiger partial charge in [0.05, 0.1) is 17.0 Å². The first kappa shape index (κ1) is 21.8. The van der Waals surface area contributed by atoms with Crippen molar-refractivity contribution in [1.29, 1.82) is 0 Å².